The van der Waals surface area contributed by atoms with Crippen molar-refractivity contribution in [3.63, 3.8) is 0 Å². The second-order valence-corrected chi connectivity index (χ2v) is 13.2. The van der Waals surface area contributed by atoms with Crippen LogP contribution in [0.1, 0.15) is 0 Å². The van der Waals surface area contributed by atoms with E-state index in [0.29, 0.717) is 17.5 Å². The van der Waals surface area contributed by atoms with E-state index in [-0.39, 0.29) is 0 Å². The topological polar surface area (TPSA) is 51.6 Å². The van der Waals surface area contributed by atoms with Crippen LogP contribution in [0.5, 0.6) is 0 Å². The number of pyridine rings is 1. The summed E-state index contributed by atoms with van der Waals surface area (Å²) < 4.78 is 0. The lowest BCUT2D eigenvalue weighted by atomic mass is 9.95. The molecule has 0 amide bonds. The first kappa shape index (κ1) is 32.6. The van der Waals surface area contributed by atoms with Crippen molar-refractivity contribution in [2.75, 3.05) is 0 Å². The van der Waals surface area contributed by atoms with Crippen LogP contribution < -0.4 is 0 Å². The average molecular weight is 691 g/mol. The molecule has 254 valence electrons. The maximum absolute atomic E-state index is 5.16. The normalized spacial score (nSPS) is 11.0. The molecule has 0 fully saturated rings. The molecular weight excluding hydrogens is 657 g/mol. The molecule has 9 rings (SSSR count). The minimum atomic E-state index is 0.604. The predicted octanol–water partition coefficient (Wildman–Crippen LogP) is 12.6. The standard InChI is InChI=1S/C50H34N4/c1-4-10-35(11-5-1)38-16-18-41(19-17-38)45-32-46(42-28-30-51-31-29-42)34-47(33-45)50-53-48(43-24-20-39(21-25-43)36-12-6-2-7-13-36)52-49(54-50)44-26-22-40(23-27-44)37-14-8-3-9-15-37/h1-34H. The Kier molecular flexibility index (Phi) is 8.90. The van der Waals surface area contributed by atoms with Gasteiger partial charge in [-0.1, -0.05) is 164 Å². The van der Waals surface area contributed by atoms with E-state index in [0.717, 1.165) is 61.2 Å². The molecule has 9 aromatic rings. The Bertz CT molecular complexity index is 2540. The number of hydrogen-bond donors (Lipinski definition) is 0. The molecule has 7 aromatic carbocycles. The van der Waals surface area contributed by atoms with Crippen LogP contribution in [0.4, 0.5) is 0 Å². The van der Waals surface area contributed by atoms with Crippen molar-refractivity contribution in [2.24, 2.45) is 0 Å². The van der Waals surface area contributed by atoms with Crippen LogP contribution in [0.3, 0.4) is 0 Å². The first-order valence-electron chi connectivity index (χ1n) is 18.0. The predicted molar refractivity (Wildman–Crippen MR) is 221 cm³/mol. The Morgan fingerprint density at radius 1 is 0.204 bits per heavy atom. The first-order chi connectivity index (χ1) is 26.7. The van der Waals surface area contributed by atoms with Gasteiger partial charge in [-0.2, -0.15) is 0 Å². The molecule has 0 aliphatic carbocycles. The summed E-state index contributed by atoms with van der Waals surface area (Å²) in [6.07, 6.45) is 3.65. The summed E-state index contributed by atoms with van der Waals surface area (Å²) in [5, 5.41) is 0. The zero-order valence-corrected chi connectivity index (χ0v) is 29.4. The zero-order chi connectivity index (χ0) is 36.1. The van der Waals surface area contributed by atoms with E-state index in [2.05, 4.69) is 169 Å². The maximum atomic E-state index is 5.16. The van der Waals surface area contributed by atoms with Crippen molar-refractivity contribution in [1.29, 1.82) is 0 Å². The van der Waals surface area contributed by atoms with Crippen LogP contribution in [-0.2, 0) is 0 Å². The Hall–Kier alpha value is -7.30. The van der Waals surface area contributed by atoms with Gasteiger partial charge in [0.2, 0.25) is 0 Å². The Morgan fingerprint density at radius 3 is 0.833 bits per heavy atom. The van der Waals surface area contributed by atoms with Gasteiger partial charge in [-0.05, 0) is 86.0 Å². The summed E-state index contributed by atoms with van der Waals surface area (Å²) in [5.41, 5.74) is 14.0. The van der Waals surface area contributed by atoms with Crippen LogP contribution in [-0.4, -0.2) is 19.9 Å². The fraction of sp³-hybridized carbons (Fsp3) is 0. The van der Waals surface area contributed by atoms with Crippen LogP contribution >= 0.6 is 0 Å². The quantitative estimate of drug-likeness (QED) is 0.159. The molecule has 2 heterocycles. The summed E-state index contributed by atoms with van der Waals surface area (Å²) in [7, 11) is 0. The van der Waals surface area contributed by atoms with Gasteiger partial charge in [0.25, 0.3) is 0 Å². The number of aromatic nitrogens is 4. The van der Waals surface area contributed by atoms with Crippen molar-refractivity contribution in [3.05, 3.63) is 207 Å². The molecule has 0 bridgehead atoms. The summed E-state index contributed by atoms with van der Waals surface area (Å²) >= 11 is 0. The van der Waals surface area contributed by atoms with Gasteiger partial charge < -0.3 is 0 Å². The van der Waals surface area contributed by atoms with Crippen molar-refractivity contribution in [1.82, 2.24) is 19.9 Å². The van der Waals surface area contributed by atoms with Gasteiger partial charge in [-0.15, -0.1) is 0 Å². The molecular formula is C50H34N4. The number of benzene rings is 7. The molecule has 0 saturated carbocycles. The van der Waals surface area contributed by atoms with Crippen molar-refractivity contribution in [2.45, 2.75) is 0 Å². The third-order valence-corrected chi connectivity index (χ3v) is 9.67. The van der Waals surface area contributed by atoms with E-state index in [1.807, 2.05) is 42.7 Å². The minimum absolute atomic E-state index is 0.604. The smallest absolute Gasteiger partial charge is 0.164 e. The van der Waals surface area contributed by atoms with Gasteiger partial charge in [0.1, 0.15) is 0 Å². The largest absolute Gasteiger partial charge is 0.265 e. The fourth-order valence-electron chi connectivity index (χ4n) is 6.77. The van der Waals surface area contributed by atoms with E-state index in [9.17, 15) is 0 Å². The second-order valence-electron chi connectivity index (χ2n) is 13.2. The Labute approximate surface area is 315 Å². The van der Waals surface area contributed by atoms with Crippen molar-refractivity contribution < 1.29 is 0 Å². The third kappa shape index (κ3) is 6.97. The molecule has 2 aromatic heterocycles. The van der Waals surface area contributed by atoms with E-state index in [1.165, 1.54) is 11.1 Å². The molecule has 54 heavy (non-hydrogen) atoms. The van der Waals surface area contributed by atoms with Gasteiger partial charge in [-0.3, -0.25) is 4.98 Å². The first-order valence-corrected chi connectivity index (χ1v) is 18.0. The van der Waals surface area contributed by atoms with E-state index < -0.39 is 0 Å². The molecule has 0 N–H and O–H groups in total. The van der Waals surface area contributed by atoms with E-state index in [1.54, 1.807) is 0 Å². The minimum Gasteiger partial charge on any atom is -0.265 e. The molecule has 4 heteroatoms. The van der Waals surface area contributed by atoms with Gasteiger partial charge in [0.05, 0.1) is 0 Å². The maximum Gasteiger partial charge on any atom is 0.164 e. The lowest BCUT2D eigenvalue weighted by Gasteiger charge is -2.13. The van der Waals surface area contributed by atoms with Crippen LogP contribution in [0.25, 0.3) is 89.8 Å². The zero-order valence-electron chi connectivity index (χ0n) is 29.4. The number of nitrogens with zero attached hydrogens (tertiary/aromatic N) is 4. The third-order valence-electron chi connectivity index (χ3n) is 9.67. The number of rotatable bonds is 8. The molecule has 0 atom stereocenters. The summed E-state index contributed by atoms with van der Waals surface area (Å²) in [6, 6.07) is 67.5. The van der Waals surface area contributed by atoms with Crippen LogP contribution in [0.2, 0.25) is 0 Å². The van der Waals surface area contributed by atoms with Gasteiger partial charge >= 0.3 is 0 Å². The highest BCUT2D eigenvalue weighted by Crippen LogP contribution is 2.35. The summed E-state index contributed by atoms with van der Waals surface area (Å²) in [6.45, 7) is 0. The highest BCUT2D eigenvalue weighted by Gasteiger charge is 2.16. The lowest BCUT2D eigenvalue weighted by Crippen LogP contribution is -2.00. The van der Waals surface area contributed by atoms with Crippen LogP contribution in [0.15, 0.2) is 207 Å². The molecule has 0 unspecified atom stereocenters. The van der Waals surface area contributed by atoms with Crippen molar-refractivity contribution in [3.8, 4) is 89.8 Å². The van der Waals surface area contributed by atoms with Crippen LogP contribution in [0, 0.1) is 0 Å². The highest BCUT2D eigenvalue weighted by atomic mass is 15.0. The van der Waals surface area contributed by atoms with Gasteiger partial charge in [-0.25, -0.2) is 15.0 Å². The molecule has 0 aliphatic heterocycles. The Balaban J connectivity index is 1.17. The highest BCUT2D eigenvalue weighted by molar-refractivity contribution is 5.81. The lowest BCUT2D eigenvalue weighted by molar-refractivity contribution is 1.07. The summed E-state index contributed by atoms with van der Waals surface area (Å²) in [4.78, 5) is 19.7. The second kappa shape index (κ2) is 14.7. The molecule has 0 radical (unpaired) electrons. The van der Waals surface area contributed by atoms with Gasteiger partial charge in [0, 0.05) is 29.1 Å². The fourth-order valence-corrected chi connectivity index (χ4v) is 6.77. The van der Waals surface area contributed by atoms with Gasteiger partial charge in [0.15, 0.2) is 17.5 Å². The monoisotopic (exact) mass is 690 g/mol. The van der Waals surface area contributed by atoms with E-state index >= 15 is 0 Å². The molecule has 0 spiro atoms. The average Bonchev–Trinajstić information content (AvgIpc) is 3.27. The summed E-state index contributed by atoms with van der Waals surface area (Å²) in [5.74, 6) is 1.84. The van der Waals surface area contributed by atoms with Crippen molar-refractivity contribution >= 4 is 0 Å². The molecule has 0 saturated heterocycles. The Morgan fingerprint density at radius 2 is 0.463 bits per heavy atom. The van der Waals surface area contributed by atoms with E-state index in [4.69, 9.17) is 15.0 Å². The molecule has 0 aliphatic rings. The number of hydrogen-bond acceptors (Lipinski definition) is 4. The SMILES string of the molecule is c1ccc(-c2ccc(-c3cc(-c4ccncc4)cc(-c4nc(-c5ccc(-c6ccccc6)cc5)nc(-c5ccc(-c6ccccc6)cc5)n4)c3)cc2)cc1. The molecule has 4 nitrogen and oxygen atoms in total.